The number of nitrogen functional groups attached to an aromatic ring is 1. The van der Waals surface area contributed by atoms with Crippen molar-refractivity contribution in [2.24, 2.45) is 11.3 Å². The summed E-state index contributed by atoms with van der Waals surface area (Å²) in [6.45, 7) is -0.385. The van der Waals surface area contributed by atoms with Crippen LogP contribution in [0.4, 0.5) is 5.82 Å². The van der Waals surface area contributed by atoms with E-state index < -0.39 is 27.2 Å². The Labute approximate surface area is 171 Å². The van der Waals surface area contributed by atoms with E-state index >= 15 is 0 Å². The van der Waals surface area contributed by atoms with Gasteiger partial charge in [-0.25, -0.2) is 24.1 Å². The van der Waals surface area contributed by atoms with Crippen LogP contribution in [0.5, 0.6) is 0 Å². The molecular formula is C12H16IN5O8P2. The Hall–Kier alpha value is -0.700. The van der Waals surface area contributed by atoms with Gasteiger partial charge in [0.2, 0.25) is 0 Å². The Bertz CT molecular complexity index is 1040. The molecule has 0 spiro atoms. The van der Waals surface area contributed by atoms with Crippen molar-refractivity contribution in [1.29, 1.82) is 0 Å². The Balaban J connectivity index is 1.69. The third-order valence-corrected chi connectivity index (χ3v) is 6.76. The summed E-state index contributed by atoms with van der Waals surface area (Å²) in [5, 5.41) is 0. The van der Waals surface area contributed by atoms with Crippen molar-refractivity contribution >= 4 is 55.2 Å². The molecule has 2 aromatic rings. The molecule has 0 radical (unpaired) electrons. The number of phosphoric ester groups is 2. The fourth-order valence-electron chi connectivity index (χ4n) is 4.10. The lowest BCUT2D eigenvalue weighted by Crippen LogP contribution is -2.26. The number of halogens is 1. The largest absolute Gasteiger partial charge is 0.469 e. The highest BCUT2D eigenvalue weighted by Gasteiger charge is 2.70. The smallest absolute Gasteiger partial charge is 0.382 e. The first-order chi connectivity index (χ1) is 12.9. The molecule has 16 heteroatoms. The van der Waals surface area contributed by atoms with Crippen LogP contribution in [0.25, 0.3) is 11.2 Å². The highest BCUT2D eigenvalue weighted by atomic mass is 127. The van der Waals surface area contributed by atoms with Crippen molar-refractivity contribution in [3.63, 3.8) is 0 Å². The number of fused-ring (bicyclic) bond motifs is 2. The Morgan fingerprint density at radius 2 is 2.00 bits per heavy atom. The summed E-state index contributed by atoms with van der Waals surface area (Å²) in [4.78, 5) is 49.2. The number of hydrogen-bond donors (Lipinski definition) is 5. The minimum Gasteiger partial charge on any atom is -0.382 e. The summed E-state index contributed by atoms with van der Waals surface area (Å²) >= 11 is 1.92. The van der Waals surface area contributed by atoms with Crippen LogP contribution in [0, 0.1) is 15.2 Å². The van der Waals surface area contributed by atoms with E-state index in [2.05, 4.69) is 19.5 Å². The molecule has 0 aliphatic heterocycles. The van der Waals surface area contributed by atoms with Crippen LogP contribution < -0.4 is 5.73 Å². The fourth-order valence-corrected chi connectivity index (χ4v) is 5.62. The number of rotatable bonds is 6. The average Bonchev–Trinajstić information content (AvgIpc) is 3.00. The first kappa shape index (κ1) is 20.6. The summed E-state index contributed by atoms with van der Waals surface area (Å²) in [7, 11) is -9.57. The van der Waals surface area contributed by atoms with Gasteiger partial charge in [-0.05, 0) is 18.8 Å². The summed E-state index contributed by atoms with van der Waals surface area (Å²) in [5.41, 5.74) is 5.83. The number of imidazole rings is 1. The van der Waals surface area contributed by atoms with Gasteiger partial charge in [-0.3, -0.25) is 9.05 Å². The van der Waals surface area contributed by atoms with Crippen LogP contribution in [0.15, 0.2) is 6.33 Å². The third-order valence-electron chi connectivity index (χ3n) is 5.28. The van der Waals surface area contributed by atoms with Gasteiger partial charge < -0.3 is 29.9 Å². The van der Waals surface area contributed by atoms with Crippen LogP contribution >= 0.6 is 38.2 Å². The monoisotopic (exact) mass is 547 g/mol. The second kappa shape index (κ2) is 6.65. The fraction of sp³-hybridized carbons (Fsp3) is 0.583. The van der Waals surface area contributed by atoms with Crippen molar-refractivity contribution in [3.05, 3.63) is 10.2 Å². The van der Waals surface area contributed by atoms with Crippen molar-refractivity contribution in [3.8, 4) is 0 Å². The number of phosphoric acid groups is 2. The zero-order chi connectivity index (χ0) is 20.5. The van der Waals surface area contributed by atoms with Gasteiger partial charge in [-0.15, -0.1) is 0 Å². The second-order valence-electron chi connectivity index (χ2n) is 6.90. The first-order valence-corrected chi connectivity index (χ1v) is 12.1. The molecule has 28 heavy (non-hydrogen) atoms. The zero-order valence-corrected chi connectivity index (χ0v) is 17.9. The van der Waals surface area contributed by atoms with Gasteiger partial charge in [0.05, 0.1) is 19.0 Å². The van der Waals surface area contributed by atoms with Gasteiger partial charge in [-0.2, -0.15) is 0 Å². The molecule has 2 aliphatic rings. The maximum atomic E-state index is 11.4. The average molecular weight is 547 g/mol. The molecule has 0 aromatic carbocycles. The molecule has 0 saturated heterocycles. The predicted molar refractivity (Wildman–Crippen MR) is 102 cm³/mol. The topological polar surface area (TPSA) is 203 Å². The lowest BCUT2D eigenvalue weighted by atomic mass is 10.0. The molecule has 0 amide bonds. The van der Waals surface area contributed by atoms with Gasteiger partial charge >= 0.3 is 15.6 Å². The van der Waals surface area contributed by atoms with Crippen LogP contribution in [0.3, 0.4) is 0 Å². The van der Waals surface area contributed by atoms with E-state index in [-0.39, 0.29) is 30.8 Å². The van der Waals surface area contributed by atoms with Gasteiger partial charge in [0.1, 0.15) is 5.52 Å². The minimum atomic E-state index is -4.82. The lowest BCUT2D eigenvalue weighted by molar-refractivity contribution is 0.0499. The summed E-state index contributed by atoms with van der Waals surface area (Å²) in [6, 6.07) is -0.313. The van der Waals surface area contributed by atoms with E-state index in [4.69, 9.17) is 20.0 Å². The molecule has 0 bridgehead atoms. The number of nitrogens with two attached hydrogens (primary N) is 1. The van der Waals surface area contributed by atoms with Crippen molar-refractivity contribution in [2.45, 2.75) is 25.0 Å². The van der Waals surface area contributed by atoms with E-state index in [1.807, 2.05) is 22.6 Å². The van der Waals surface area contributed by atoms with Gasteiger partial charge in [-0.1, -0.05) is 0 Å². The first-order valence-electron chi connectivity index (χ1n) is 7.99. The second-order valence-corrected chi connectivity index (χ2v) is 10.3. The van der Waals surface area contributed by atoms with Gasteiger partial charge in [0.15, 0.2) is 15.3 Å². The van der Waals surface area contributed by atoms with E-state index in [0.717, 1.165) is 0 Å². The molecule has 2 saturated carbocycles. The van der Waals surface area contributed by atoms with Crippen LogP contribution in [0.2, 0.25) is 0 Å². The molecule has 6 N–H and O–H groups in total. The summed E-state index contributed by atoms with van der Waals surface area (Å²) in [5.74, 6) is 0.0166. The Kier molecular flexibility index (Phi) is 4.89. The van der Waals surface area contributed by atoms with E-state index in [0.29, 0.717) is 21.4 Å². The summed E-state index contributed by atoms with van der Waals surface area (Å²) in [6.07, 6.45) is 1.17. The third kappa shape index (κ3) is 3.73. The Morgan fingerprint density at radius 3 is 2.64 bits per heavy atom. The zero-order valence-electron chi connectivity index (χ0n) is 14.0. The molecule has 2 aliphatic carbocycles. The predicted octanol–water partition coefficient (Wildman–Crippen LogP) is 0.551. The van der Waals surface area contributed by atoms with Crippen molar-refractivity contribution < 1.29 is 37.8 Å². The summed E-state index contributed by atoms with van der Waals surface area (Å²) < 4.78 is 34.3. The van der Waals surface area contributed by atoms with Crippen LogP contribution in [-0.4, -0.2) is 51.8 Å². The van der Waals surface area contributed by atoms with Gasteiger partial charge in [0, 0.05) is 34.0 Å². The maximum absolute atomic E-state index is 11.4. The molecule has 0 unspecified atom stereocenters. The molecule has 2 fully saturated rings. The number of aromatic nitrogens is 4. The molecule has 13 nitrogen and oxygen atoms in total. The van der Waals surface area contributed by atoms with Crippen LogP contribution in [-0.2, 0) is 18.2 Å². The number of nitrogens with zero attached hydrogens (tertiary/aromatic N) is 4. The molecule has 4 atom stereocenters. The molecule has 4 rings (SSSR count). The molecular weight excluding hydrogens is 531 g/mol. The van der Waals surface area contributed by atoms with E-state index in [1.54, 1.807) is 4.57 Å². The standard InChI is InChI=1S/C12H16IN5O8P2/c13-11-16-9(14)8-10(17-11)18(4-15-8)6-1-7(26-28(22,23)24)12(2-5(6)12)3-25-27(19,20)21/h4-7H,1-3H2,(H2,14,16,17)(H2,19,20,21)(H2,22,23,24)/t5-,6+,7+,12-/m1/s1. The van der Waals surface area contributed by atoms with Crippen molar-refractivity contribution in [2.75, 3.05) is 12.3 Å². The maximum Gasteiger partial charge on any atom is 0.469 e. The Morgan fingerprint density at radius 1 is 1.29 bits per heavy atom. The van der Waals surface area contributed by atoms with E-state index in [9.17, 15) is 18.9 Å². The number of anilines is 1. The minimum absolute atomic E-state index is 0.187. The molecule has 2 heterocycles. The number of hydrogen-bond acceptors (Lipinski definition) is 8. The quantitative estimate of drug-likeness (QED) is 0.191. The highest BCUT2D eigenvalue weighted by molar-refractivity contribution is 14.1. The van der Waals surface area contributed by atoms with Crippen molar-refractivity contribution in [1.82, 2.24) is 19.5 Å². The lowest BCUT2D eigenvalue weighted by Gasteiger charge is -2.24. The van der Waals surface area contributed by atoms with E-state index in [1.165, 1.54) is 6.33 Å². The van der Waals surface area contributed by atoms with Gasteiger partial charge in [0.25, 0.3) is 0 Å². The molecule has 2 aromatic heterocycles. The van der Waals surface area contributed by atoms with Crippen LogP contribution in [0.1, 0.15) is 18.9 Å². The molecule has 154 valence electrons. The SMILES string of the molecule is Nc1nc(I)nc2c1ncn2[C@H]1C[C@H](OP(=O)(O)O)[C@@]2(COP(=O)(O)O)C[C@H]12. The highest BCUT2D eigenvalue weighted by Crippen LogP contribution is 2.71. The normalized spacial score (nSPS) is 30.0.